The van der Waals surface area contributed by atoms with Crippen LogP contribution in [0, 0.1) is 5.92 Å². The third-order valence-corrected chi connectivity index (χ3v) is 5.88. The van der Waals surface area contributed by atoms with Gasteiger partial charge >= 0.3 is 0 Å². The average Bonchev–Trinajstić information content (AvgIpc) is 3.25. The molecule has 1 aromatic carbocycles. The first-order valence-electron chi connectivity index (χ1n) is 9.85. The van der Waals surface area contributed by atoms with Gasteiger partial charge in [0.15, 0.2) is 5.82 Å². The Morgan fingerprint density at radius 3 is 2.78 bits per heavy atom. The fourth-order valence-electron chi connectivity index (χ4n) is 3.72. The first kappa shape index (κ1) is 16.5. The molecule has 2 aliphatic rings. The Morgan fingerprint density at radius 1 is 1.19 bits per heavy atom. The highest BCUT2D eigenvalue weighted by Gasteiger charge is 2.40. The van der Waals surface area contributed by atoms with Gasteiger partial charge in [-0.1, -0.05) is 6.92 Å². The molecule has 1 N–H and O–H groups in total. The van der Waals surface area contributed by atoms with Gasteiger partial charge in [0, 0.05) is 24.0 Å². The van der Waals surface area contributed by atoms with Gasteiger partial charge in [-0.15, -0.1) is 5.10 Å². The summed E-state index contributed by atoms with van der Waals surface area (Å²) in [5, 5.41) is 17.4. The Bertz CT molecular complexity index is 970. The lowest BCUT2D eigenvalue weighted by Crippen LogP contribution is -2.33. The minimum Gasteiger partial charge on any atom is -0.488 e. The lowest BCUT2D eigenvalue weighted by atomic mass is 9.99. The van der Waals surface area contributed by atoms with Gasteiger partial charge in [0.25, 0.3) is 0 Å². The normalized spacial score (nSPS) is 19.4. The molecule has 3 aromatic rings. The lowest BCUT2D eigenvalue weighted by Gasteiger charge is -2.30. The highest BCUT2D eigenvalue weighted by atomic mass is 16.5. The Morgan fingerprint density at radius 2 is 2.00 bits per heavy atom. The van der Waals surface area contributed by atoms with E-state index in [1.165, 1.54) is 12.8 Å². The van der Waals surface area contributed by atoms with Crippen molar-refractivity contribution in [3.05, 3.63) is 30.5 Å². The van der Waals surface area contributed by atoms with E-state index in [4.69, 9.17) is 4.74 Å². The summed E-state index contributed by atoms with van der Waals surface area (Å²) < 4.78 is 6.13. The van der Waals surface area contributed by atoms with Crippen LogP contribution in [0.25, 0.3) is 22.2 Å². The molecule has 0 bridgehead atoms. The number of hydrogen-bond acceptors (Lipinski definition) is 5. The van der Waals surface area contributed by atoms with Gasteiger partial charge in [-0.05, 0) is 62.8 Å². The van der Waals surface area contributed by atoms with Crippen molar-refractivity contribution in [2.45, 2.75) is 45.1 Å². The van der Waals surface area contributed by atoms with E-state index in [1.54, 1.807) is 6.20 Å². The van der Waals surface area contributed by atoms with Crippen molar-refractivity contribution in [3.63, 3.8) is 0 Å². The summed E-state index contributed by atoms with van der Waals surface area (Å²) in [4.78, 5) is 2.33. The highest BCUT2D eigenvalue weighted by molar-refractivity contribution is 5.93. The van der Waals surface area contributed by atoms with Crippen molar-refractivity contribution in [1.29, 1.82) is 0 Å². The molecular weight excluding hydrogens is 338 g/mol. The lowest BCUT2D eigenvalue weighted by molar-refractivity contribution is 0.200. The summed E-state index contributed by atoms with van der Waals surface area (Å²) >= 11 is 0. The van der Waals surface area contributed by atoms with Crippen LogP contribution in [0.4, 0.5) is 5.82 Å². The fourth-order valence-corrected chi connectivity index (χ4v) is 3.72. The van der Waals surface area contributed by atoms with E-state index < -0.39 is 0 Å². The molecule has 6 nitrogen and oxygen atoms in total. The first-order valence-corrected chi connectivity index (χ1v) is 9.85. The quantitative estimate of drug-likeness (QED) is 0.753. The number of benzene rings is 1. The van der Waals surface area contributed by atoms with Crippen LogP contribution < -0.4 is 9.64 Å². The van der Waals surface area contributed by atoms with Crippen LogP contribution in [-0.4, -0.2) is 39.1 Å². The largest absolute Gasteiger partial charge is 0.488 e. The Hall–Kier alpha value is -2.63. The molecule has 0 unspecified atom stereocenters. The predicted octanol–water partition coefficient (Wildman–Crippen LogP) is 4.19. The van der Waals surface area contributed by atoms with E-state index in [1.807, 2.05) is 12.1 Å². The molecule has 27 heavy (non-hydrogen) atoms. The third kappa shape index (κ3) is 3.24. The smallest absolute Gasteiger partial charge is 0.151 e. The standard InChI is InChI=1S/C21H25N5O/c1-14-5-9-26(10-6-14)19-11-15(13-22-24-19)20-17-12-16(27-21(2)7-8-21)3-4-18(17)23-25-20/h3-4,11-14H,5-10H2,1-2H3,(H,23,25). The number of fused-ring (bicyclic) bond motifs is 1. The molecule has 1 aliphatic heterocycles. The number of H-pyrrole nitrogens is 1. The number of aromatic nitrogens is 4. The molecule has 5 rings (SSSR count). The summed E-state index contributed by atoms with van der Waals surface area (Å²) in [5.74, 6) is 2.63. The Labute approximate surface area is 158 Å². The van der Waals surface area contributed by atoms with E-state index in [2.05, 4.69) is 51.3 Å². The Kier molecular flexibility index (Phi) is 3.81. The molecule has 1 aliphatic carbocycles. The SMILES string of the molecule is CC1CCN(c2cc(-c3n[nH]c4ccc(OC5(C)CC5)cc34)cnn2)CC1. The summed E-state index contributed by atoms with van der Waals surface area (Å²) in [6, 6.07) is 8.24. The molecule has 3 heterocycles. The second kappa shape index (κ2) is 6.22. The molecule has 2 fully saturated rings. The van der Waals surface area contributed by atoms with Crippen LogP contribution in [0.3, 0.4) is 0 Å². The van der Waals surface area contributed by atoms with Crippen molar-refractivity contribution in [3.8, 4) is 17.0 Å². The average molecular weight is 363 g/mol. The Balaban J connectivity index is 1.47. The minimum absolute atomic E-state index is 0.00830. The summed E-state index contributed by atoms with van der Waals surface area (Å²) in [5.41, 5.74) is 2.90. The zero-order chi connectivity index (χ0) is 18.4. The maximum atomic E-state index is 6.13. The molecule has 0 atom stereocenters. The molecule has 1 saturated carbocycles. The zero-order valence-corrected chi connectivity index (χ0v) is 15.9. The second-order valence-corrected chi connectivity index (χ2v) is 8.30. The van der Waals surface area contributed by atoms with Crippen LogP contribution in [0.1, 0.15) is 39.5 Å². The van der Waals surface area contributed by atoms with Gasteiger partial charge in [0.1, 0.15) is 17.0 Å². The van der Waals surface area contributed by atoms with Crippen molar-refractivity contribution in [2.75, 3.05) is 18.0 Å². The number of piperidine rings is 1. The van der Waals surface area contributed by atoms with Crippen molar-refractivity contribution < 1.29 is 4.74 Å². The fraction of sp³-hybridized carbons (Fsp3) is 0.476. The molecule has 0 radical (unpaired) electrons. The number of nitrogens with one attached hydrogen (secondary N) is 1. The first-order chi connectivity index (χ1) is 13.1. The molecule has 1 saturated heterocycles. The molecule has 0 amide bonds. The topological polar surface area (TPSA) is 66.9 Å². The van der Waals surface area contributed by atoms with E-state index in [0.717, 1.165) is 65.6 Å². The van der Waals surface area contributed by atoms with E-state index in [0.29, 0.717) is 0 Å². The third-order valence-electron chi connectivity index (χ3n) is 5.88. The summed E-state index contributed by atoms with van der Waals surface area (Å²) in [6.07, 6.45) is 6.44. The maximum Gasteiger partial charge on any atom is 0.151 e. The maximum absolute atomic E-state index is 6.13. The number of ether oxygens (including phenoxy) is 1. The van der Waals surface area contributed by atoms with Gasteiger partial charge in [0.2, 0.25) is 0 Å². The van der Waals surface area contributed by atoms with Crippen molar-refractivity contribution >= 4 is 16.7 Å². The number of aromatic amines is 1. The summed E-state index contributed by atoms with van der Waals surface area (Å²) in [6.45, 7) is 6.55. The highest BCUT2D eigenvalue weighted by Crippen LogP contribution is 2.40. The summed E-state index contributed by atoms with van der Waals surface area (Å²) in [7, 11) is 0. The van der Waals surface area contributed by atoms with Gasteiger partial charge in [-0.25, -0.2) is 0 Å². The molecule has 6 heteroatoms. The van der Waals surface area contributed by atoms with Gasteiger partial charge in [-0.2, -0.15) is 10.2 Å². The molecule has 2 aromatic heterocycles. The van der Waals surface area contributed by atoms with E-state index in [-0.39, 0.29) is 5.60 Å². The zero-order valence-electron chi connectivity index (χ0n) is 15.9. The van der Waals surface area contributed by atoms with Crippen LogP contribution in [0.5, 0.6) is 5.75 Å². The number of hydrogen-bond donors (Lipinski definition) is 1. The van der Waals surface area contributed by atoms with Crippen LogP contribution >= 0.6 is 0 Å². The van der Waals surface area contributed by atoms with Crippen LogP contribution in [-0.2, 0) is 0 Å². The number of anilines is 1. The minimum atomic E-state index is 0.00830. The van der Waals surface area contributed by atoms with Gasteiger partial charge in [0.05, 0.1) is 11.7 Å². The van der Waals surface area contributed by atoms with Gasteiger partial charge < -0.3 is 9.64 Å². The number of rotatable bonds is 4. The van der Waals surface area contributed by atoms with Crippen LogP contribution in [0.2, 0.25) is 0 Å². The van der Waals surface area contributed by atoms with E-state index in [9.17, 15) is 0 Å². The molecule has 0 spiro atoms. The van der Waals surface area contributed by atoms with Crippen molar-refractivity contribution in [1.82, 2.24) is 20.4 Å². The number of nitrogens with zero attached hydrogens (tertiary/aromatic N) is 4. The monoisotopic (exact) mass is 363 g/mol. The van der Waals surface area contributed by atoms with Gasteiger partial charge in [-0.3, -0.25) is 5.10 Å². The molecular formula is C21H25N5O. The van der Waals surface area contributed by atoms with Crippen LogP contribution in [0.15, 0.2) is 30.5 Å². The van der Waals surface area contributed by atoms with E-state index >= 15 is 0 Å². The predicted molar refractivity (Wildman–Crippen MR) is 106 cm³/mol. The molecule has 140 valence electrons. The van der Waals surface area contributed by atoms with Crippen molar-refractivity contribution in [2.24, 2.45) is 5.92 Å². The second-order valence-electron chi connectivity index (χ2n) is 8.30.